The minimum atomic E-state index is 0.115. The van der Waals surface area contributed by atoms with Crippen molar-refractivity contribution in [3.8, 4) is 0 Å². The highest BCUT2D eigenvalue weighted by molar-refractivity contribution is 5.75. The molecule has 0 aliphatic carbocycles. The zero-order valence-electron chi connectivity index (χ0n) is 10.2. The van der Waals surface area contributed by atoms with Gasteiger partial charge >= 0.3 is 0 Å². The molecule has 0 radical (unpaired) electrons. The van der Waals surface area contributed by atoms with E-state index in [-0.39, 0.29) is 12.5 Å². The Balaban J connectivity index is 2.13. The SMILES string of the molecule is CN(CCCCCO)C(=O)CCn1cncn1. The summed E-state index contributed by atoms with van der Waals surface area (Å²) in [5.74, 6) is 0.115. The first-order valence-electron chi connectivity index (χ1n) is 5.91. The largest absolute Gasteiger partial charge is 0.396 e. The third-order valence-corrected chi connectivity index (χ3v) is 2.60. The number of hydrogen-bond donors (Lipinski definition) is 1. The quantitative estimate of drug-likeness (QED) is 0.663. The fraction of sp³-hybridized carbons (Fsp3) is 0.727. The van der Waals surface area contributed by atoms with Crippen LogP contribution < -0.4 is 0 Å². The summed E-state index contributed by atoms with van der Waals surface area (Å²) in [6.45, 7) is 1.54. The highest BCUT2D eigenvalue weighted by Crippen LogP contribution is 1.99. The van der Waals surface area contributed by atoms with Gasteiger partial charge in [0.05, 0.1) is 6.54 Å². The molecule has 1 aromatic rings. The summed E-state index contributed by atoms with van der Waals surface area (Å²) in [4.78, 5) is 17.3. The van der Waals surface area contributed by atoms with Gasteiger partial charge in [-0.15, -0.1) is 0 Å². The zero-order valence-corrected chi connectivity index (χ0v) is 10.2. The second-order valence-electron chi connectivity index (χ2n) is 4.01. The summed E-state index contributed by atoms with van der Waals surface area (Å²) >= 11 is 0. The van der Waals surface area contributed by atoms with Crippen molar-refractivity contribution in [3.63, 3.8) is 0 Å². The molecule has 6 heteroatoms. The van der Waals surface area contributed by atoms with E-state index >= 15 is 0 Å². The van der Waals surface area contributed by atoms with Crippen LogP contribution in [0.1, 0.15) is 25.7 Å². The first kappa shape index (κ1) is 13.6. The molecule has 0 aliphatic heterocycles. The highest BCUT2D eigenvalue weighted by Gasteiger charge is 2.08. The van der Waals surface area contributed by atoms with Gasteiger partial charge in [-0.3, -0.25) is 9.48 Å². The summed E-state index contributed by atoms with van der Waals surface area (Å²) in [6, 6.07) is 0. The third kappa shape index (κ3) is 5.44. The van der Waals surface area contributed by atoms with Gasteiger partial charge in [-0.2, -0.15) is 5.10 Å². The lowest BCUT2D eigenvalue weighted by molar-refractivity contribution is -0.130. The smallest absolute Gasteiger partial charge is 0.224 e. The molecule has 0 unspecified atom stereocenters. The van der Waals surface area contributed by atoms with Crippen molar-refractivity contribution < 1.29 is 9.90 Å². The maximum absolute atomic E-state index is 11.7. The lowest BCUT2D eigenvalue weighted by atomic mass is 10.2. The number of rotatable bonds is 8. The van der Waals surface area contributed by atoms with Gasteiger partial charge in [0.1, 0.15) is 12.7 Å². The Kier molecular flexibility index (Phi) is 6.24. The predicted molar refractivity (Wildman–Crippen MR) is 63.2 cm³/mol. The van der Waals surface area contributed by atoms with E-state index in [9.17, 15) is 4.79 Å². The second kappa shape index (κ2) is 7.78. The molecule has 17 heavy (non-hydrogen) atoms. The summed E-state index contributed by atoms with van der Waals surface area (Å²) < 4.78 is 1.65. The predicted octanol–water partition coefficient (Wildman–Crippen LogP) is 0.289. The molecule has 0 saturated heterocycles. The maximum atomic E-state index is 11.7. The van der Waals surface area contributed by atoms with E-state index in [0.29, 0.717) is 13.0 Å². The molecular weight excluding hydrogens is 220 g/mol. The monoisotopic (exact) mass is 240 g/mol. The van der Waals surface area contributed by atoms with Crippen LogP contribution in [0.4, 0.5) is 0 Å². The van der Waals surface area contributed by atoms with E-state index in [4.69, 9.17) is 5.11 Å². The van der Waals surface area contributed by atoms with Gasteiger partial charge in [0.15, 0.2) is 0 Å². The molecule has 1 aromatic heterocycles. The van der Waals surface area contributed by atoms with Crippen molar-refractivity contribution in [2.24, 2.45) is 0 Å². The van der Waals surface area contributed by atoms with Crippen molar-refractivity contribution in [1.29, 1.82) is 0 Å². The number of carbonyl (C=O) groups is 1. The van der Waals surface area contributed by atoms with Crippen LogP contribution in [0.15, 0.2) is 12.7 Å². The normalized spacial score (nSPS) is 10.5. The lowest BCUT2D eigenvalue weighted by Gasteiger charge is -2.16. The van der Waals surface area contributed by atoms with Crippen LogP contribution in [-0.4, -0.2) is 50.9 Å². The molecule has 0 aliphatic rings. The number of aliphatic hydroxyl groups is 1. The minimum absolute atomic E-state index is 0.115. The van der Waals surface area contributed by atoms with Gasteiger partial charge < -0.3 is 10.0 Å². The standard InChI is InChI=1S/C11H20N4O2/c1-14(6-3-2-4-8-16)11(17)5-7-15-10-12-9-13-15/h9-10,16H,2-8H2,1H3. The molecule has 0 spiro atoms. The average Bonchev–Trinajstić information content (AvgIpc) is 2.84. The van der Waals surface area contributed by atoms with Crippen molar-refractivity contribution in [2.45, 2.75) is 32.2 Å². The second-order valence-corrected chi connectivity index (χ2v) is 4.01. The maximum Gasteiger partial charge on any atom is 0.224 e. The molecule has 96 valence electrons. The Morgan fingerprint density at radius 2 is 2.24 bits per heavy atom. The van der Waals surface area contributed by atoms with Crippen LogP contribution in [0.5, 0.6) is 0 Å². The Morgan fingerprint density at radius 1 is 1.41 bits per heavy atom. The molecule has 1 rings (SSSR count). The van der Waals surface area contributed by atoms with Gasteiger partial charge in [-0.05, 0) is 19.3 Å². The Bertz CT molecular complexity index is 313. The highest BCUT2D eigenvalue weighted by atomic mass is 16.2. The first-order valence-corrected chi connectivity index (χ1v) is 5.91. The average molecular weight is 240 g/mol. The number of nitrogens with zero attached hydrogens (tertiary/aromatic N) is 4. The number of amides is 1. The van der Waals surface area contributed by atoms with Crippen LogP contribution in [0.25, 0.3) is 0 Å². The number of hydrogen-bond acceptors (Lipinski definition) is 4. The van der Waals surface area contributed by atoms with Crippen LogP contribution in [0, 0.1) is 0 Å². The van der Waals surface area contributed by atoms with E-state index in [1.807, 2.05) is 7.05 Å². The minimum Gasteiger partial charge on any atom is -0.396 e. The molecule has 0 bridgehead atoms. The molecule has 0 fully saturated rings. The zero-order chi connectivity index (χ0) is 12.5. The number of unbranched alkanes of at least 4 members (excludes halogenated alkanes) is 2. The summed E-state index contributed by atoms with van der Waals surface area (Å²) in [5, 5.41) is 12.6. The Hall–Kier alpha value is -1.43. The van der Waals surface area contributed by atoms with Gasteiger partial charge in [-0.25, -0.2) is 4.98 Å². The number of aryl methyl sites for hydroxylation is 1. The Morgan fingerprint density at radius 3 is 2.88 bits per heavy atom. The van der Waals surface area contributed by atoms with Gasteiger partial charge in [0, 0.05) is 26.6 Å². The van der Waals surface area contributed by atoms with Crippen LogP contribution >= 0.6 is 0 Å². The van der Waals surface area contributed by atoms with Gasteiger partial charge in [-0.1, -0.05) is 0 Å². The molecule has 0 atom stereocenters. The van der Waals surface area contributed by atoms with Crippen LogP contribution in [-0.2, 0) is 11.3 Å². The summed E-state index contributed by atoms with van der Waals surface area (Å²) in [7, 11) is 1.81. The molecule has 6 nitrogen and oxygen atoms in total. The number of carbonyl (C=O) groups excluding carboxylic acids is 1. The van der Waals surface area contributed by atoms with Crippen molar-refractivity contribution >= 4 is 5.91 Å². The van der Waals surface area contributed by atoms with E-state index in [0.717, 1.165) is 25.8 Å². The topological polar surface area (TPSA) is 71.2 Å². The Labute approximate surface area is 101 Å². The molecule has 1 heterocycles. The van der Waals surface area contributed by atoms with Crippen molar-refractivity contribution in [1.82, 2.24) is 19.7 Å². The summed E-state index contributed by atoms with van der Waals surface area (Å²) in [5.41, 5.74) is 0. The molecular formula is C11H20N4O2. The van der Waals surface area contributed by atoms with E-state index < -0.39 is 0 Å². The van der Waals surface area contributed by atoms with Gasteiger partial charge in [0.2, 0.25) is 5.91 Å². The van der Waals surface area contributed by atoms with E-state index in [1.54, 1.807) is 15.9 Å². The fourth-order valence-electron chi connectivity index (χ4n) is 1.51. The number of aliphatic hydroxyl groups excluding tert-OH is 1. The molecule has 0 saturated carbocycles. The van der Waals surface area contributed by atoms with Crippen molar-refractivity contribution in [2.75, 3.05) is 20.2 Å². The third-order valence-electron chi connectivity index (χ3n) is 2.60. The summed E-state index contributed by atoms with van der Waals surface area (Å²) in [6.07, 6.45) is 6.21. The van der Waals surface area contributed by atoms with Gasteiger partial charge in [0.25, 0.3) is 0 Å². The van der Waals surface area contributed by atoms with Crippen LogP contribution in [0.2, 0.25) is 0 Å². The fourth-order valence-corrected chi connectivity index (χ4v) is 1.51. The van der Waals surface area contributed by atoms with E-state index in [2.05, 4.69) is 10.1 Å². The number of aromatic nitrogens is 3. The first-order chi connectivity index (χ1) is 8.24. The van der Waals surface area contributed by atoms with Crippen LogP contribution in [0.3, 0.4) is 0 Å². The van der Waals surface area contributed by atoms with Crippen molar-refractivity contribution in [3.05, 3.63) is 12.7 Å². The molecule has 1 N–H and O–H groups in total. The molecule has 1 amide bonds. The van der Waals surface area contributed by atoms with E-state index in [1.165, 1.54) is 6.33 Å². The molecule has 0 aromatic carbocycles. The lowest BCUT2D eigenvalue weighted by Crippen LogP contribution is -2.28.